The Labute approximate surface area is 173 Å². The van der Waals surface area contributed by atoms with Gasteiger partial charge in [-0.15, -0.1) is 0 Å². The Balaban J connectivity index is 1.99. The molecule has 0 aliphatic carbocycles. The monoisotopic (exact) mass is 426 g/mol. The van der Waals surface area contributed by atoms with Crippen molar-refractivity contribution in [3.63, 3.8) is 0 Å². The number of halogens is 2. The van der Waals surface area contributed by atoms with Gasteiger partial charge in [-0.25, -0.2) is 13.6 Å². The van der Waals surface area contributed by atoms with E-state index in [9.17, 15) is 28.2 Å². The summed E-state index contributed by atoms with van der Waals surface area (Å²) in [4.78, 5) is 35.6. The summed E-state index contributed by atoms with van der Waals surface area (Å²) in [6.07, 6.45) is 0.0998. The Morgan fingerprint density at radius 1 is 1.27 bits per heavy atom. The fraction of sp³-hybridized carbons (Fsp3) is 0.550. The summed E-state index contributed by atoms with van der Waals surface area (Å²) in [5.41, 5.74) is 0.629. The van der Waals surface area contributed by atoms with Gasteiger partial charge in [-0.2, -0.15) is 0 Å². The number of carbonyl (C=O) groups is 3. The van der Waals surface area contributed by atoms with E-state index in [4.69, 9.17) is 14.1 Å². The van der Waals surface area contributed by atoms with Crippen molar-refractivity contribution < 1.29 is 42.3 Å². The standard InChI is InChI=1S/C20H25BF2O7/c1-3-5-17(25)28-12-29-19(26)16-7-4-6-13-10-14(21(27)30-18(13)16)11-15(24)8-9-20(2,22)23/h4,6-7,14,27H,3,5,8-12H2,1-2H3/t14-/m1/s1. The molecule has 10 heteroatoms. The molecule has 0 aromatic heterocycles. The van der Waals surface area contributed by atoms with Gasteiger partial charge in [0.1, 0.15) is 17.1 Å². The van der Waals surface area contributed by atoms with Gasteiger partial charge in [0.25, 0.3) is 0 Å². The molecule has 1 heterocycles. The van der Waals surface area contributed by atoms with Crippen LogP contribution >= 0.6 is 0 Å². The van der Waals surface area contributed by atoms with Gasteiger partial charge in [-0.1, -0.05) is 19.1 Å². The van der Waals surface area contributed by atoms with Crippen LogP contribution in [0.2, 0.25) is 5.82 Å². The number of rotatable bonds is 10. The van der Waals surface area contributed by atoms with Crippen molar-refractivity contribution >= 4 is 24.8 Å². The van der Waals surface area contributed by atoms with Crippen molar-refractivity contribution in [3.8, 4) is 5.75 Å². The third-order valence-corrected chi connectivity index (χ3v) is 4.64. The second kappa shape index (κ2) is 10.5. The molecular weight excluding hydrogens is 401 g/mol. The fourth-order valence-electron chi connectivity index (χ4n) is 3.07. The average Bonchev–Trinajstić information content (AvgIpc) is 2.66. The number of carbonyl (C=O) groups excluding carboxylic acids is 3. The number of fused-ring (bicyclic) bond motifs is 1. The molecule has 0 unspecified atom stereocenters. The summed E-state index contributed by atoms with van der Waals surface area (Å²) in [7, 11) is -1.38. The van der Waals surface area contributed by atoms with Crippen molar-refractivity contribution in [2.45, 2.75) is 64.1 Å². The van der Waals surface area contributed by atoms with E-state index in [2.05, 4.69) is 0 Å². The molecule has 0 saturated heterocycles. The van der Waals surface area contributed by atoms with Crippen LogP contribution < -0.4 is 4.65 Å². The Bertz CT molecular complexity index is 779. The van der Waals surface area contributed by atoms with Crippen LogP contribution in [0.3, 0.4) is 0 Å². The zero-order valence-electron chi connectivity index (χ0n) is 17.0. The highest BCUT2D eigenvalue weighted by Crippen LogP contribution is 2.37. The maximum Gasteiger partial charge on any atom is 0.526 e. The van der Waals surface area contributed by atoms with Crippen LogP contribution in [0.25, 0.3) is 0 Å². The average molecular weight is 426 g/mol. The van der Waals surface area contributed by atoms with Gasteiger partial charge in [0.05, 0.1) is 0 Å². The van der Waals surface area contributed by atoms with Crippen molar-refractivity contribution in [3.05, 3.63) is 29.3 Å². The molecule has 7 nitrogen and oxygen atoms in total. The highest BCUT2D eigenvalue weighted by molar-refractivity contribution is 6.47. The number of Topliss-reactive ketones (excluding diaryl/α,β-unsaturated/α-hetero) is 1. The SMILES string of the molecule is CCCC(=O)OCOC(=O)c1cccc2c1OB(O)[C@@H](CC(=O)CCC(C)(F)F)C2. The van der Waals surface area contributed by atoms with Crippen LogP contribution in [0, 0.1) is 0 Å². The first kappa shape index (κ1) is 23.8. The van der Waals surface area contributed by atoms with Crippen LogP contribution in [-0.2, 0) is 25.5 Å². The van der Waals surface area contributed by atoms with Crippen molar-refractivity contribution in [2.75, 3.05) is 6.79 Å². The maximum absolute atomic E-state index is 12.9. The highest BCUT2D eigenvalue weighted by atomic mass is 19.3. The predicted molar refractivity (Wildman–Crippen MR) is 103 cm³/mol. The minimum atomic E-state index is -2.93. The Morgan fingerprint density at radius 2 is 2.00 bits per heavy atom. The molecule has 1 aliphatic rings. The number of benzene rings is 1. The molecule has 1 N–H and O–H groups in total. The van der Waals surface area contributed by atoms with Gasteiger partial charge in [0, 0.05) is 31.5 Å². The number of hydrogen-bond acceptors (Lipinski definition) is 7. The van der Waals surface area contributed by atoms with Crippen LogP contribution in [0.5, 0.6) is 5.75 Å². The molecule has 0 radical (unpaired) electrons. The number of alkyl halides is 2. The maximum atomic E-state index is 12.9. The molecule has 1 atom stereocenters. The Morgan fingerprint density at radius 3 is 2.67 bits per heavy atom. The lowest BCUT2D eigenvalue weighted by Crippen LogP contribution is -2.36. The first-order chi connectivity index (χ1) is 14.1. The second-order valence-electron chi connectivity index (χ2n) is 7.40. The van der Waals surface area contributed by atoms with Gasteiger partial charge in [0.15, 0.2) is 0 Å². The number of esters is 2. The second-order valence-corrected chi connectivity index (χ2v) is 7.40. The molecule has 0 saturated carbocycles. The van der Waals surface area contributed by atoms with Crippen LogP contribution in [0.4, 0.5) is 8.78 Å². The number of para-hydroxylation sites is 1. The van der Waals surface area contributed by atoms with Crippen LogP contribution in [-0.4, -0.2) is 42.6 Å². The zero-order chi connectivity index (χ0) is 22.3. The third kappa shape index (κ3) is 7.09. The quantitative estimate of drug-likeness (QED) is 0.348. The molecule has 164 valence electrons. The molecule has 1 aliphatic heterocycles. The molecule has 2 rings (SSSR count). The molecule has 1 aromatic carbocycles. The molecule has 1 aromatic rings. The van der Waals surface area contributed by atoms with E-state index in [0.29, 0.717) is 12.0 Å². The number of hydrogen-bond donors (Lipinski definition) is 1. The zero-order valence-corrected chi connectivity index (χ0v) is 17.0. The molecule has 0 amide bonds. The van der Waals surface area contributed by atoms with E-state index < -0.39 is 49.8 Å². The molecule has 30 heavy (non-hydrogen) atoms. The van der Waals surface area contributed by atoms with E-state index in [1.807, 2.05) is 6.92 Å². The lowest BCUT2D eigenvalue weighted by Gasteiger charge is -2.28. The Hall–Kier alpha value is -2.49. The van der Waals surface area contributed by atoms with Gasteiger partial charge >= 0.3 is 19.1 Å². The molecule has 0 fully saturated rings. The van der Waals surface area contributed by atoms with Crippen molar-refractivity contribution in [2.24, 2.45) is 0 Å². The van der Waals surface area contributed by atoms with E-state index in [1.165, 1.54) is 6.07 Å². The summed E-state index contributed by atoms with van der Waals surface area (Å²) in [6.45, 7) is 2.02. The lowest BCUT2D eigenvalue weighted by molar-refractivity contribution is -0.152. The summed E-state index contributed by atoms with van der Waals surface area (Å²) in [5, 5.41) is 10.3. The first-order valence-electron chi connectivity index (χ1n) is 9.79. The van der Waals surface area contributed by atoms with E-state index in [1.54, 1.807) is 12.1 Å². The molecular formula is C20H25BF2O7. The largest absolute Gasteiger partial charge is 0.535 e. The van der Waals surface area contributed by atoms with Gasteiger partial charge < -0.3 is 19.2 Å². The summed E-state index contributed by atoms with van der Waals surface area (Å²) < 4.78 is 41.0. The van der Waals surface area contributed by atoms with E-state index >= 15 is 0 Å². The van der Waals surface area contributed by atoms with E-state index in [-0.39, 0.29) is 37.0 Å². The summed E-state index contributed by atoms with van der Waals surface area (Å²) >= 11 is 0. The lowest BCUT2D eigenvalue weighted by atomic mass is 9.64. The predicted octanol–water partition coefficient (Wildman–Crippen LogP) is 3.32. The number of ether oxygens (including phenoxy) is 2. The third-order valence-electron chi connectivity index (χ3n) is 4.64. The van der Waals surface area contributed by atoms with Crippen LogP contribution in [0.1, 0.15) is 61.9 Å². The molecule has 0 spiro atoms. The van der Waals surface area contributed by atoms with E-state index in [0.717, 1.165) is 6.92 Å². The fourth-order valence-corrected chi connectivity index (χ4v) is 3.07. The first-order valence-corrected chi connectivity index (χ1v) is 9.79. The summed E-state index contributed by atoms with van der Waals surface area (Å²) in [6, 6.07) is 4.71. The molecule has 0 bridgehead atoms. The highest BCUT2D eigenvalue weighted by Gasteiger charge is 2.38. The smallest absolute Gasteiger partial charge is 0.526 e. The topological polar surface area (TPSA) is 99.1 Å². The van der Waals surface area contributed by atoms with Crippen LogP contribution in [0.15, 0.2) is 18.2 Å². The Kier molecular flexibility index (Phi) is 8.34. The van der Waals surface area contributed by atoms with Crippen molar-refractivity contribution in [1.29, 1.82) is 0 Å². The van der Waals surface area contributed by atoms with Gasteiger partial charge in [-0.05, 0) is 31.4 Å². The van der Waals surface area contributed by atoms with Gasteiger partial charge in [0.2, 0.25) is 12.7 Å². The summed E-state index contributed by atoms with van der Waals surface area (Å²) in [5.74, 6) is -5.08. The van der Waals surface area contributed by atoms with Crippen molar-refractivity contribution in [1.82, 2.24) is 0 Å². The number of ketones is 1. The normalized spacial score (nSPS) is 15.8. The minimum Gasteiger partial charge on any atom is -0.535 e. The van der Waals surface area contributed by atoms with Gasteiger partial charge in [-0.3, -0.25) is 9.59 Å². The minimum absolute atomic E-state index is 0.0495.